The van der Waals surface area contributed by atoms with Crippen molar-refractivity contribution in [1.29, 1.82) is 0 Å². The summed E-state index contributed by atoms with van der Waals surface area (Å²) < 4.78 is 69.8. The SMILES string of the molecule is CC(=O)O.O=C(OCc1cccc(N(Cc2cncnc2)S(=O)(=O)CC(F)(F)F)c1)c1ccccc1. The van der Waals surface area contributed by atoms with Crippen LogP contribution < -0.4 is 4.31 Å². The molecule has 0 spiro atoms. The van der Waals surface area contributed by atoms with Crippen molar-refractivity contribution in [2.45, 2.75) is 26.3 Å². The second-order valence-electron chi connectivity index (χ2n) is 7.26. The normalized spacial score (nSPS) is 11.1. The van der Waals surface area contributed by atoms with Gasteiger partial charge in [-0.15, -0.1) is 0 Å². The fourth-order valence-corrected chi connectivity index (χ4v) is 4.17. The van der Waals surface area contributed by atoms with Crippen LogP contribution in [0.3, 0.4) is 0 Å². The topological polar surface area (TPSA) is 127 Å². The number of sulfonamides is 1. The zero-order valence-electron chi connectivity index (χ0n) is 18.9. The number of benzene rings is 2. The van der Waals surface area contributed by atoms with E-state index in [1.54, 1.807) is 36.4 Å². The Hall–Kier alpha value is -4.00. The van der Waals surface area contributed by atoms with E-state index < -0.39 is 40.4 Å². The Morgan fingerprint density at radius 2 is 1.61 bits per heavy atom. The van der Waals surface area contributed by atoms with E-state index >= 15 is 0 Å². The Morgan fingerprint density at radius 3 is 2.19 bits per heavy atom. The highest BCUT2D eigenvalue weighted by Crippen LogP contribution is 2.27. The number of rotatable bonds is 8. The van der Waals surface area contributed by atoms with Crippen molar-refractivity contribution in [3.05, 3.63) is 90.0 Å². The van der Waals surface area contributed by atoms with Crippen LogP contribution in [0.15, 0.2) is 73.3 Å². The molecule has 0 fully saturated rings. The summed E-state index contributed by atoms with van der Waals surface area (Å²) >= 11 is 0. The number of aliphatic carboxylic acids is 1. The molecule has 0 aliphatic heterocycles. The van der Waals surface area contributed by atoms with Gasteiger partial charge in [-0.2, -0.15) is 13.2 Å². The number of aromatic nitrogens is 2. The molecule has 1 heterocycles. The van der Waals surface area contributed by atoms with E-state index in [9.17, 15) is 26.4 Å². The molecule has 0 bridgehead atoms. The third-order valence-corrected chi connectivity index (χ3v) is 5.90. The number of hydrogen-bond donors (Lipinski definition) is 1. The summed E-state index contributed by atoms with van der Waals surface area (Å²) in [7, 11) is -4.78. The molecule has 0 saturated carbocycles. The van der Waals surface area contributed by atoms with Crippen LogP contribution in [0.1, 0.15) is 28.4 Å². The van der Waals surface area contributed by atoms with Gasteiger partial charge in [0.1, 0.15) is 12.9 Å². The Bertz CT molecular complexity index is 1250. The molecule has 36 heavy (non-hydrogen) atoms. The van der Waals surface area contributed by atoms with Gasteiger partial charge >= 0.3 is 12.1 Å². The number of carboxylic acid groups (broad SMARTS) is 1. The first-order valence-electron chi connectivity index (χ1n) is 10.2. The van der Waals surface area contributed by atoms with Gasteiger partial charge in [-0.25, -0.2) is 23.2 Å². The molecule has 192 valence electrons. The molecule has 2 aromatic carbocycles. The summed E-state index contributed by atoms with van der Waals surface area (Å²) in [4.78, 5) is 28.7. The van der Waals surface area contributed by atoms with Crippen molar-refractivity contribution in [3.63, 3.8) is 0 Å². The maximum absolute atomic E-state index is 12.9. The maximum Gasteiger partial charge on any atom is 0.404 e. The minimum atomic E-state index is -4.92. The van der Waals surface area contributed by atoms with Crippen LogP contribution in [0.2, 0.25) is 0 Å². The monoisotopic (exact) mass is 525 g/mol. The molecule has 1 aromatic heterocycles. The van der Waals surface area contributed by atoms with Gasteiger partial charge in [0.05, 0.1) is 17.8 Å². The van der Waals surface area contributed by atoms with Gasteiger partial charge in [-0.1, -0.05) is 30.3 Å². The number of nitrogens with zero attached hydrogens (tertiary/aromatic N) is 3. The van der Waals surface area contributed by atoms with Crippen molar-refractivity contribution in [3.8, 4) is 0 Å². The van der Waals surface area contributed by atoms with Crippen LogP contribution in [0, 0.1) is 0 Å². The molecule has 0 saturated heterocycles. The standard InChI is InChI=1S/C21H18F3N3O4S.C2H4O2/c22-21(23,24)14-32(29,30)27(12-17-10-25-15-26-11-17)19-8-4-5-16(9-19)13-31-20(28)18-6-2-1-3-7-18;1-2(3)4/h1-11,15H,12-14H2;1H3,(H,3,4). The van der Waals surface area contributed by atoms with E-state index in [0.29, 0.717) is 21.0 Å². The number of halogens is 3. The fourth-order valence-electron chi connectivity index (χ4n) is 2.82. The highest BCUT2D eigenvalue weighted by molar-refractivity contribution is 7.92. The number of esters is 1. The van der Waals surface area contributed by atoms with E-state index in [1.807, 2.05) is 0 Å². The van der Waals surface area contributed by atoms with Crippen molar-refractivity contribution in [1.82, 2.24) is 9.97 Å². The highest BCUT2D eigenvalue weighted by atomic mass is 32.2. The van der Waals surface area contributed by atoms with E-state index in [0.717, 1.165) is 6.92 Å². The molecule has 3 rings (SSSR count). The molecular weight excluding hydrogens is 503 g/mol. The number of alkyl halides is 3. The number of carboxylic acids is 1. The summed E-state index contributed by atoms with van der Waals surface area (Å²) in [6.07, 6.45) is -1.07. The first-order chi connectivity index (χ1) is 16.9. The smallest absolute Gasteiger partial charge is 0.404 e. The van der Waals surface area contributed by atoms with Crippen molar-refractivity contribution in [2.75, 3.05) is 10.1 Å². The Labute approximate surface area is 205 Å². The molecule has 13 heteroatoms. The first-order valence-corrected chi connectivity index (χ1v) is 11.8. The third kappa shape index (κ3) is 9.70. The van der Waals surface area contributed by atoms with Gasteiger partial charge in [-0.05, 0) is 29.8 Å². The van der Waals surface area contributed by atoms with Crippen LogP contribution in [0.5, 0.6) is 0 Å². The van der Waals surface area contributed by atoms with Crippen molar-refractivity contribution < 1.29 is 41.0 Å². The zero-order valence-corrected chi connectivity index (χ0v) is 19.7. The first kappa shape index (κ1) is 28.2. The predicted molar refractivity (Wildman–Crippen MR) is 123 cm³/mol. The minimum Gasteiger partial charge on any atom is -0.481 e. The zero-order chi connectivity index (χ0) is 26.8. The second kappa shape index (κ2) is 12.6. The van der Waals surface area contributed by atoms with Crippen LogP contribution >= 0.6 is 0 Å². The summed E-state index contributed by atoms with van der Waals surface area (Å²) in [5, 5.41) is 7.42. The van der Waals surface area contributed by atoms with E-state index in [-0.39, 0.29) is 12.3 Å². The average Bonchev–Trinajstić information content (AvgIpc) is 2.80. The van der Waals surface area contributed by atoms with Crippen molar-refractivity contribution >= 4 is 27.6 Å². The molecule has 0 amide bonds. The Morgan fingerprint density at radius 1 is 1.00 bits per heavy atom. The number of ether oxygens (including phenoxy) is 1. The van der Waals surface area contributed by atoms with E-state index in [1.165, 1.54) is 36.9 Å². The van der Waals surface area contributed by atoms with Gasteiger partial charge in [0.2, 0.25) is 10.0 Å². The van der Waals surface area contributed by atoms with Crippen LogP contribution in [0.4, 0.5) is 18.9 Å². The average molecular weight is 526 g/mol. The van der Waals surface area contributed by atoms with Crippen LogP contribution in [-0.2, 0) is 32.7 Å². The number of carbonyl (C=O) groups is 2. The lowest BCUT2D eigenvalue weighted by Gasteiger charge is -2.25. The van der Waals surface area contributed by atoms with Gasteiger partial charge in [0, 0.05) is 24.9 Å². The molecule has 0 atom stereocenters. The highest BCUT2D eigenvalue weighted by Gasteiger charge is 2.38. The quantitative estimate of drug-likeness (QED) is 0.440. The van der Waals surface area contributed by atoms with Gasteiger partial charge in [0.25, 0.3) is 5.97 Å². The molecule has 1 N–H and O–H groups in total. The molecular formula is C23H22F3N3O6S. The molecule has 3 aromatic rings. The van der Waals surface area contributed by atoms with Gasteiger partial charge in [0.15, 0.2) is 5.75 Å². The lowest BCUT2D eigenvalue weighted by molar-refractivity contribution is -0.134. The minimum absolute atomic E-state index is 0.00800. The van der Waals surface area contributed by atoms with Crippen LogP contribution in [0.25, 0.3) is 0 Å². The lowest BCUT2D eigenvalue weighted by atomic mass is 10.2. The Kier molecular flexibility index (Phi) is 9.91. The van der Waals surface area contributed by atoms with Crippen LogP contribution in [-0.4, -0.2) is 47.4 Å². The summed E-state index contributed by atoms with van der Waals surface area (Å²) in [5.41, 5.74) is 1.04. The maximum atomic E-state index is 12.9. The number of carbonyl (C=O) groups excluding carboxylic acids is 1. The lowest BCUT2D eigenvalue weighted by Crippen LogP contribution is -2.37. The number of anilines is 1. The second-order valence-corrected chi connectivity index (χ2v) is 9.15. The molecule has 0 aliphatic carbocycles. The molecule has 9 nitrogen and oxygen atoms in total. The third-order valence-electron chi connectivity index (χ3n) is 4.20. The number of hydrogen-bond acceptors (Lipinski definition) is 7. The van der Waals surface area contributed by atoms with Gasteiger partial charge in [-0.3, -0.25) is 9.10 Å². The van der Waals surface area contributed by atoms with E-state index in [4.69, 9.17) is 14.6 Å². The predicted octanol–water partition coefficient (Wildman–Crippen LogP) is 3.82. The van der Waals surface area contributed by atoms with E-state index in [2.05, 4.69) is 9.97 Å². The molecule has 0 radical (unpaired) electrons. The molecule has 0 unspecified atom stereocenters. The molecule has 0 aliphatic rings. The summed E-state index contributed by atoms with van der Waals surface area (Å²) in [5.74, 6) is -3.44. The largest absolute Gasteiger partial charge is 0.481 e. The van der Waals surface area contributed by atoms with Crippen molar-refractivity contribution in [2.24, 2.45) is 0 Å². The summed E-state index contributed by atoms with van der Waals surface area (Å²) in [6, 6.07) is 14.0. The summed E-state index contributed by atoms with van der Waals surface area (Å²) in [6.45, 7) is 0.496. The fraction of sp³-hybridized carbons (Fsp3) is 0.217. The Balaban J connectivity index is 0.00000106. The van der Waals surface area contributed by atoms with Gasteiger partial charge < -0.3 is 9.84 Å².